The van der Waals surface area contributed by atoms with Crippen molar-refractivity contribution in [3.63, 3.8) is 0 Å². The molecule has 0 atom stereocenters. The number of benzene rings is 2. The van der Waals surface area contributed by atoms with Crippen molar-refractivity contribution < 1.29 is 19.1 Å². The van der Waals surface area contributed by atoms with Crippen LogP contribution in [0.5, 0.6) is 11.5 Å². The quantitative estimate of drug-likeness (QED) is 0.314. The van der Waals surface area contributed by atoms with Gasteiger partial charge in [0.2, 0.25) is 11.1 Å². The van der Waals surface area contributed by atoms with Gasteiger partial charge in [-0.1, -0.05) is 17.8 Å². The molecule has 2 aromatic carbocycles. The normalized spacial score (nSPS) is 10.6. The number of anilines is 1. The average molecular weight is 485 g/mol. The van der Waals surface area contributed by atoms with Crippen LogP contribution < -0.4 is 20.6 Å². The van der Waals surface area contributed by atoms with Gasteiger partial charge in [-0.25, -0.2) is 4.68 Å². The fraction of sp³-hybridized carbons (Fsp3) is 0.304. The zero-order chi connectivity index (χ0) is 24.5. The summed E-state index contributed by atoms with van der Waals surface area (Å²) in [5, 5.41) is 11.2. The maximum Gasteiger partial charge on any atom is 0.253 e. The fourth-order valence-electron chi connectivity index (χ4n) is 3.06. The number of nitrogens with two attached hydrogens (primary N) is 1. The largest absolute Gasteiger partial charge is 0.497 e. The third kappa shape index (κ3) is 6.41. The number of hydrogen-bond donors (Lipinski definition) is 2. The van der Waals surface area contributed by atoms with Crippen molar-refractivity contribution in [2.75, 3.05) is 37.1 Å². The molecule has 0 spiro atoms. The molecule has 2 amide bonds. The topological polar surface area (TPSA) is 125 Å². The number of nitrogen functional groups attached to an aromatic ring is 1. The molecule has 0 saturated carbocycles. The molecule has 0 radical (unpaired) electrons. The molecule has 0 aliphatic heterocycles. The van der Waals surface area contributed by atoms with Gasteiger partial charge in [0.1, 0.15) is 18.1 Å². The van der Waals surface area contributed by atoms with Crippen molar-refractivity contribution in [1.82, 2.24) is 19.8 Å². The zero-order valence-electron chi connectivity index (χ0n) is 19.4. The predicted octanol–water partition coefficient (Wildman–Crippen LogP) is 2.79. The Hall–Kier alpha value is -3.73. The Kier molecular flexibility index (Phi) is 8.74. The minimum atomic E-state index is -0.231. The van der Waals surface area contributed by atoms with Gasteiger partial charge in [-0.2, -0.15) is 0 Å². The van der Waals surface area contributed by atoms with Crippen LogP contribution in [0.3, 0.4) is 0 Å². The van der Waals surface area contributed by atoms with Gasteiger partial charge in [-0.3, -0.25) is 9.59 Å². The molecule has 3 aromatic rings. The highest BCUT2D eigenvalue weighted by atomic mass is 32.2. The highest BCUT2D eigenvalue weighted by Gasteiger charge is 2.15. The van der Waals surface area contributed by atoms with Crippen molar-refractivity contribution >= 4 is 29.3 Å². The van der Waals surface area contributed by atoms with Crippen LogP contribution in [0, 0.1) is 0 Å². The second-order valence-corrected chi connectivity index (χ2v) is 8.07. The van der Waals surface area contributed by atoms with Crippen LogP contribution in [0.15, 0.2) is 53.7 Å². The molecule has 0 saturated heterocycles. The minimum absolute atomic E-state index is 0.0353. The molecule has 3 rings (SSSR count). The number of carbonyl (C=O) groups is 2. The predicted molar refractivity (Wildman–Crippen MR) is 131 cm³/mol. The molecule has 11 heteroatoms. The summed E-state index contributed by atoms with van der Waals surface area (Å²) in [6.07, 6.45) is 0. The number of hydrogen-bond acceptors (Lipinski definition) is 8. The van der Waals surface area contributed by atoms with E-state index in [4.69, 9.17) is 15.3 Å². The molecule has 34 heavy (non-hydrogen) atoms. The number of methoxy groups -OCH3 is 1. The molecule has 0 fully saturated rings. The van der Waals surface area contributed by atoms with Gasteiger partial charge in [-0.15, -0.1) is 10.2 Å². The van der Waals surface area contributed by atoms with Crippen LogP contribution in [0.4, 0.5) is 5.69 Å². The number of aromatic nitrogens is 3. The Morgan fingerprint density at radius 2 is 1.79 bits per heavy atom. The van der Waals surface area contributed by atoms with Crippen LogP contribution >= 0.6 is 11.8 Å². The third-order valence-corrected chi connectivity index (χ3v) is 5.89. The van der Waals surface area contributed by atoms with Crippen molar-refractivity contribution in [1.29, 1.82) is 0 Å². The van der Waals surface area contributed by atoms with E-state index in [-0.39, 0.29) is 24.2 Å². The van der Waals surface area contributed by atoms with Crippen molar-refractivity contribution in [3.05, 3.63) is 59.9 Å². The summed E-state index contributed by atoms with van der Waals surface area (Å²) < 4.78 is 12.2. The summed E-state index contributed by atoms with van der Waals surface area (Å²) in [4.78, 5) is 26.5. The molecule has 0 bridgehead atoms. The summed E-state index contributed by atoms with van der Waals surface area (Å²) >= 11 is 1.16. The Balaban J connectivity index is 1.50. The van der Waals surface area contributed by atoms with Gasteiger partial charge in [-0.05, 0) is 50.2 Å². The van der Waals surface area contributed by atoms with Crippen molar-refractivity contribution in [2.45, 2.75) is 25.6 Å². The number of thioether (sulfide) groups is 1. The first-order chi connectivity index (χ1) is 16.4. The van der Waals surface area contributed by atoms with E-state index in [2.05, 4.69) is 15.5 Å². The molecule has 0 unspecified atom stereocenters. The number of nitrogens with zero attached hydrogens (tertiary/aromatic N) is 4. The third-order valence-electron chi connectivity index (χ3n) is 4.94. The van der Waals surface area contributed by atoms with Gasteiger partial charge in [0, 0.05) is 30.4 Å². The standard InChI is InChI=1S/C23H28N6O4S/c1-4-28(5-2)22(31)16-9-11-17(12-10-16)25-21(30)15-34-23-27-26-20(29(23)24)14-33-19-8-6-7-18(13-19)32-3/h6-13H,4-5,14-15,24H2,1-3H3,(H,25,30). The zero-order valence-corrected chi connectivity index (χ0v) is 20.2. The Morgan fingerprint density at radius 3 is 2.47 bits per heavy atom. The lowest BCUT2D eigenvalue weighted by Gasteiger charge is -2.18. The molecule has 1 heterocycles. The van der Waals surface area contributed by atoms with E-state index in [1.165, 1.54) is 4.68 Å². The Labute approximate surface area is 202 Å². The lowest BCUT2D eigenvalue weighted by atomic mass is 10.2. The average Bonchev–Trinajstić information content (AvgIpc) is 3.21. The fourth-order valence-corrected chi connectivity index (χ4v) is 3.74. The Bertz CT molecular complexity index is 1110. The van der Waals surface area contributed by atoms with E-state index in [0.717, 1.165) is 11.8 Å². The number of rotatable bonds is 11. The van der Waals surface area contributed by atoms with Crippen LogP contribution in [-0.2, 0) is 11.4 Å². The van der Waals surface area contributed by atoms with Crippen LogP contribution in [-0.4, -0.2) is 57.5 Å². The van der Waals surface area contributed by atoms with Crippen LogP contribution in [0.2, 0.25) is 0 Å². The summed E-state index contributed by atoms with van der Waals surface area (Å²) in [5.41, 5.74) is 1.18. The lowest BCUT2D eigenvalue weighted by Crippen LogP contribution is -2.30. The van der Waals surface area contributed by atoms with Crippen LogP contribution in [0.25, 0.3) is 0 Å². The SMILES string of the molecule is CCN(CC)C(=O)c1ccc(NC(=O)CSc2nnc(COc3cccc(OC)c3)n2N)cc1. The van der Waals surface area contributed by atoms with E-state index in [0.29, 0.717) is 46.8 Å². The lowest BCUT2D eigenvalue weighted by molar-refractivity contribution is -0.113. The first-order valence-corrected chi connectivity index (χ1v) is 11.7. The number of ether oxygens (including phenoxy) is 2. The highest BCUT2D eigenvalue weighted by molar-refractivity contribution is 7.99. The van der Waals surface area contributed by atoms with E-state index in [1.807, 2.05) is 26.0 Å². The molecule has 10 nitrogen and oxygen atoms in total. The molecule has 180 valence electrons. The molecular formula is C23H28N6O4S. The second-order valence-electron chi connectivity index (χ2n) is 7.13. The van der Waals surface area contributed by atoms with Gasteiger partial charge >= 0.3 is 0 Å². The Morgan fingerprint density at radius 1 is 1.09 bits per heavy atom. The second kappa shape index (κ2) is 11.9. The van der Waals surface area contributed by atoms with Gasteiger partial charge < -0.3 is 25.5 Å². The van der Waals surface area contributed by atoms with Gasteiger partial charge in [0.05, 0.1) is 12.9 Å². The highest BCUT2D eigenvalue weighted by Crippen LogP contribution is 2.21. The van der Waals surface area contributed by atoms with Crippen molar-refractivity contribution in [3.8, 4) is 11.5 Å². The number of carbonyl (C=O) groups excluding carboxylic acids is 2. The van der Waals surface area contributed by atoms with Gasteiger partial charge in [0.25, 0.3) is 5.91 Å². The summed E-state index contributed by atoms with van der Waals surface area (Å²) in [6, 6.07) is 14.0. The molecule has 0 aliphatic rings. The maximum absolute atomic E-state index is 12.4. The monoisotopic (exact) mass is 484 g/mol. The van der Waals surface area contributed by atoms with E-state index in [9.17, 15) is 9.59 Å². The van der Waals surface area contributed by atoms with E-state index in [1.54, 1.807) is 48.4 Å². The number of nitrogens with one attached hydrogen (secondary N) is 1. The van der Waals surface area contributed by atoms with Crippen LogP contribution in [0.1, 0.15) is 30.0 Å². The maximum atomic E-state index is 12.4. The molecule has 1 aromatic heterocycles. The minimum Gasteiger partial charge on any atom is -0.497 e. The smallest absolute Gasteiger partial charge is 0.253 e. The van der Waals surface area contributed by atoms with E-state index < -0.39 is 0 Å². The summed E-state index contributed by atoms with van der Waals surface area (Å²) in [5.74, 6) is 7.58. The summed E-state index contributed by atoms with van der Waals surface area (Å²) in [7, 11) is 1.58. The first-order valence-electron chi connectivity index (χ1n) is 10.7. The number of amides is 2. The molecule has 0 aliphatic carbocycles. The van der Waals surface area contributed by atoms with Crippen molar-refractivity contribution in [2.24, 2.45) is 0 Å². The van der Waals surface area contributed by atoms with Gasteiger partial charge in [0.15, 0.2) is 5.82 Å². The molecular weight excluding hydrogens is 456 g/mol. The summed E-state index contributed by atoms with van der Waals surface area (Å²) in [6.45, 7) is 5.28. The molecule has 3 N–H and O–H groups in total. The first kappa shape index (κ1) is 24.9. The van der Waals surface area contributed by atoms with E-state index >= 15 is 0 Å².